The SMILES string of the molecule is CCCCCCC(C)(C)CCCCCCCCC(C)C. The molecular formula is C20H42. The summed E-state index contributed by atoms with van der Waals surface area (Å²) >= 11 is 0. The fourth-order valence-electron chi connectivity index (χ4n) is 3.02. The largest absolute Gasteiger partial charge is 0.0654 e. The average molecular weight is 283 g/mol. The van der Waals surface area contributed by atoms with Crippen molar-refractivity contribution in [3.05, 3.63) is 0 Å². The van der Waals surface area contributed by atoms with E-state index in [0.29, 0.717) is 5.41 Å². The van der Waals surface area contributed by atoms with Gasteiger partial charge in [0.1, 0.15) is 0 Å². The highest BCUT2D eigenvalue weighted by molar-refractivity contribution is 4.68. The molecule has 0 aliphatic rings. The number of unbranched alkanes of at least 4 members (excludes halogenated alkanes) is 8. The Balaban J connectivity index is 3.34. The molecule has 20 heavy (non-hydrogen) atoms. The van der Waals surface area contributed by atoms with E-state index in [9.17, 15) is 0 Å². The number of hydrogen-bond acceptors (Lipinski definition) is 0. The van der Waals surface area contributed by atoms with Gasteiger partial charge in [-0.1, -0.05) is 105 Å². The van der Waals surface area contributed by atoms with Crippen LogP contribution in [0.25, 0.3) is 0 Å². The lowest BCUT2D eigenvalue weighted by Gasteiger charge is -2.24. The van der Waals surface area contributed by atoms with Crippen LogP contribution in [-0.2, 0) is 0 Å². The fourth-order valence-corrected chi connectivity index (χ4v) is 3.02. The third-order valence-electron chi connectivity index (χ3n) is 4.59. The zero-order chi connectivity index (χ0) is 15.3. The molecule has 0 saturated heterocycles. The molecule has 0 spiro atoms. The van der Waals surface area contributed by atoms with Crippen molar-refractivity contribution in [2.75, 3.05) is 0 Å². The molecule has 0 radical (unpaired) electrons. The summed E-state index contributed by atoms with van der Waals surface area (Å²) in [5, 5.41) is 0. The Morgan fingerprint density at radius 2 is 1.10 bits per heavy atom. The summed E-state index contributed by atoms with van der Waals surface area (Å²) in [7, 11) is 0. The van der Waals surface area contributed by atoms with E-state index in [1.807, 2.05) is 0 Å². The first kappa shape index (κ1) is 20.0. The van der Waals surface area contributed by atoms with Crippen molar-refractivity contribution in [1.29, 1.82) is 0 Å². The summed E-state index contributed by atoms with van der Waals surface area (Å²) in [6, 6.07) is 0. The van der Waals surface area contributed by atoms with Gasteiger partial charge >= 0.3 is 0 Å². The molecule has 0 heterocycles. The minimum atomic E-state index is 0.589. The van der Waals surface area contributed by atoms with E-state index in [0.717, 1.165) is 5.92 Å². The smallest absolute Gasteiger partial charge is 0.0354 e. The highest BCUT2D eigenvalue weighted by Gasteiger charge is 2.16. The molecule has 0 unspecified atom stereocenters. The van der Waals surface area contributed by atoms with Gasteiger partial charge in [-0.05, 0) is 24.2 Å². The van der Waals surface area contributed by atoms with Crippen LogP contribution < -0.4 is 0 Å². The van der Waals surface area contributed by atoms with Crippen molar-refractivity contribution in [3.63, 3.8) is 0 Å². The Bertz CT molecular complexity index is 190. The number of hydrogen-bond donors (Lipinski definition) is 0. The molecule has 0 aromatic rings. The summed E-state index contributed by atoms with van der Waals surface area (Å²) in [5.41, 5.74) is 0.589. The van der Waals surface area contributed by atoms with Crippen LogP contribution in [0.15, 0.2) is 0 Å². The van der Waals surface area contributed by atoms with Gasteiger partial charge in [-0.2, -0.15) is 0 Å². The van der Waals surface area contributed by atoms with Gasteiger partial charge < -0.3 is 0 Å². The Morgan fingerprint density at radius 1 is 0.650 bits per heavy atom. The first-order chi connectivity index (χ1) is 9.48. The third-order valence-corrected chi connectivity index (χ3v) is 4.59. The lowest BCUT2D eigenvalue weighted by molar-refractivity contribution is 0.282. The number of rotatable bonds is 14. The van der Waals surface area contributed by atoms with Crippen LogP contribution in [-0.4, -0.2) is 0 Å². The third kappa shape index (κ3) is 14.4. The van der Waals surface area contributed by atoms with Gasteiger partial charge in [0.25, 0.3) is 0 Å². The van der Waals surface area contributed by atoms with Crippen molar-refractivity contribution >= 4 is 0 Å². The molecule has 0 nitrogen and oxygen atoms in total. The molecule has 0 aromatic heterocycles. The molecule has 0 aliphatic heterocycles. The summed E-state index contributed by atoms with van der Waals surface area (Å²) in [5.74, 6) is 0.892. The Kier molecular flexibility index (Phi) is 12.7. The van der Waals surface area contributed by atoms with Crippen LogP contribution in [0.1, 0.15) is 118 Å². The van der Waals surface area contributed by atoms with Gasteiger partial charge in [0.2, 0.25) is 0 Å². The maximum atomic E-state index is 2.47. The molecule has 0 heteroatoms. The van der Waals surface area contributed by atoms with Crippen molar-refractivity contribution in [1.82, 2.24) is 0 Å². The Morgan fingerprint density at radius 3 is 1.60 bits per heavy atom. The average Bonchev–Trinajstić information content (AvgIpc) is 2.37. The molecule has 0 saturated carbocycles. The monoisotopic (exact) mass is 282 g/mol. The summed E-state index contributed by atoms with van der Waals surface area (Å²) < 4.78 is 0. The van der Waals surface area contributed by atoms with Gasteiger partial charge in [-0.25, -0.2) is 0 Å². The van der Waals surface area contributed by atoms with Crippen molar-refractivity contribution in [3.8, 4) is 0 Å². The first-order valence-electron chi connectivity index (χ1n) is 9.48. The quantitative estimate of drug-likeness (QED) is 0.285. The molecule has 0 amide bonds. The second-order valence-corrected chi connectivity index (χ2v) is 8.03. The van der Waals surface area contributed by atoms with Gasteiger partial charge in [-0.15, -0.1) is 0 Å². The standard InChI is InChI=1S/C20H42/c1-6-7-8-14-17-20(4,5)18-15-12-10-9-11-13-16-19(2)3/h19H,6-18H2,1-5H3. The lowest BCUT2D eigenvalue weighted by atomic mass is 9.82. The van der Waals surface area contributed by atoms with Gasteiger partial charge in [0, 0.05) is 0 Å². The Hall–Kier alpha value is 0. The van der Waals surface area contributed by atoms with E-state index in [4.69, 9.17) is 0 Å². The van der Waals surface area contributed by atoms with Gasteiger partial charge in [0.15, 0.2) is 0 Å². The van der Waals surface area contributed by atoms with E-state index < -0.39 is 0 Å². The highest BCUT2D eigenvalue weighted by atomic mass is 14.2. The first-order valence-corrected chi connectivity index (χ1v) is 9.48. The van der Waals surface area contributed by atoms with Crippen LogP contribution in [0.2, 0.25) is 0 Å². The molecule has 0 aliphatic carbocycles. The van der Waals surface area contributed by atoms with E-state index in [1.165, 1.54) is 83.5 Å². The van der Waals surface area contributed by atoms with E-state index >= 15 is 0 Å². The minimum Gasteiger partial charge on any atom is -0.0654 e. The minimum absolute atomic E-state index is 0.589. The second kappa shape index (κ2) is 12.7. The maximum Gasteiger partial charge on any atom is -0.0354 e. The van der Waals surface area contributed by atoms with Crippen LogP contribution in [0.5, 0.6) is 0 Å². The predicted molar refractivity (Wildman–Crippen MR) is 94.3 cm³/mol. The molecule has 0 atom stereocenters. The van der Waals surface area contributed by atoms with E-state index in [2.05, 4.69) is 34.6 Å². The molecule has 0 N–H and O–H groups in total. The summed E-state index contributed by atoms with van der Waals surface area (Å²) in [6.07, 6.45) is 18.7. The van der Waals surface area contributed by atoms with E-state index in [1.54, 1.807) is 0 Å². The van der Waals surface area contributed by atoms with Crippen LogP contribution in [0.4, 0.5) is 0 Å². The van der Waals surface area contributed by atoms with Crippen molar-refractivity contribution < 1.29 is 0 Å². The van der Waals surface area contributed by atoms with Crippen LogP contribution in [0.3, 0.4) is 0 Å². The molecule has 0 aromatic carbocycles. The zero-order valence-electron chi connectivity index (χ0n) is 15.3. The topological polar surface area (TPSA) is 0 Å². The molecule has 0 fully saturated rings. The highest BCUT2D eigenvalue weighted by Crippen LogP contribution is 2.30. The second-order valence-electron chi connectivity index (χ2n) is 8.03. The predicted octanol–water partition coefficient (Wildman–Crippen LogP) is 7.76. The lowest BCUT2D eigenvalue weighted by Crippen LogP contribution is -2.11. The molecule has 122 valence electrons. The maximum absolute atomic E-state index is 2.47. The summed E-state index contributed by atoms with van der Waals surface area (Å²) in [4.78, 5) is 0. The van der Waals surface area contributed by atoms with E-state index in [-0.39, 0.29) is 0 Å². The molecular weight excluding hydrogens is 240 g/mol. The molecule has 0 bridgehead atoms. The van der Waals surface area contributed by atoms with Gasteiger partial charge in [0.05, 0.1) is 0 Å². The normalized spacial score (nSPS) is 12.3. The van der Waals surface area contributed by atoms with Crippen LogP contribution in [0, 0.1) is 11.3 Å². The zero-order valence-corrected chi connectivity index (χ0v) is 15.3. The van der Waals surface area contributed by atoms with Gasteiger partial charge in [-0.3, -0.25) is 0 Å². The molecule has 0 rings (SSSR count). The van der Waals surface area contributed by atoms with Crippen molar-refractivity contribution in [2.45, 2.75) is 118 Å². The van der Waals surface area contributed by atoms with Crippen molar-refractivity contribution in [2.24, 2.45) is 11.3 Å². The van der Waals surface area contributed by atoms with Crippen LogP contribution >= 0.6 is 0 Å². The fraction of sp³-hybridized carbons (Fsp3) is 1.00. The summed E-state index contributed by atoms with van der Waals surface area (Å²) in [6.45, 7) is 11.9. The Labute approximate surface area is 130 Å².